The number of carbonyl (C=O) groups is 2. The minimum absolute atomic E-state index is 0.118. The second-order valence-corrected chi connectivity index (χ2v) is 5.55. The van der Waals surface area contributed by atoms with Crippen LogP contribution in [0.4, 0.5) is 0 Å². The van der Waals surface area contributed by atoms with Gasteiger partial charge in [-0.05, 0) is 17.7 Å². The molecule has 0 aliphatic heterocycles. The fourth-order valence-corrected chi connectivity index (χ4v) is 2.74. The van der Waals surface area contributed by atoms with Crippen molar-refractivity contribution < 1.29 is 18.9 Å². The van der Waals surface area contributed by atoms with Gasteiger partial charge in [-0.15, -0.1) is 0 Å². The van der Waals surface area contributed by atoms with E-state index in [1.54, 1.807) is 24.3 Å². The molecule has 3 N–H and O–H groups in total. The van der Waals surface area contributed by atoms with Crippen molar-refractivity contribution in [1.29, 1.82) is 0 Å². The number of hydrogen-bond acceptors (Lipinski definition) is 3. The molecular weight excluding hydrogens is 254 g/mol. The van der Waals surface area contributed by atoms with E-state index in [4.69, 9.17) is 10.8 Å². The van der Waals surface area contributed by atoms with Crippen molar-refractivity contribution in [2.75, 3.05) is 5.75 Å². The summed E-state index contributed by atoms with van der Waals surface area (Å²) in [6.07, 6.45) is 0. The highest BCUT2D eigenvalue weighted by atomic mass is 32.2. The van der Waals surface area contributed by atoms with Gasteiger partial charge >= 0.3 is 5.97 Å². The van der Waals surface area contributed by atoms with Crippen molar-refractivity contribution in [3.63, 3.8) is 0 Å². The summed E-state index contributed by atoms with van der Waals surface area (Å²) in [5, 5.41) is 8.71. The molecule has 0 aliphatic carbocycles. The third-order valence-corrected chi connectivity index (χ3v) is 3.95. The van der Waals surface area contributed by atoms with Gasteiger partial charge in [-0.25, -0.2) is 0 Å². The molecule has 18 heavy (non-hydrogen) atoms. The fourth-order valence-electron chi connectivity index (χ4n) is 1.36. The highest BCUT2D eigenvalue weighted by molar-refractivity contribution is 7.84. The molecule has 0 saturated heterocycles. The number of benzene rings is 1. The summed E-state index contributed by atoms with van der Waals surface area (Å²) < 4.78 is 11.7. The number of primary amides is 1. The third-order valence-electron chi connectivity index (χ3n) is 2.42. The Kier molecular flexibility index (Phi) is 5.03. The van der Waals surface area contributed by atoms with Crippen LogP contribution in [-0.2, 0) is 21.3 Å². The summed E-state index contributed by atoms with van der Waals surface area (Å²) in [7, 11) is -1.24. The molecule has 1 rings (SSSR count). The second-order valence-electron chi connectivity index (χ2n) is 4.05. The standard InChI is InChI=1S/C12H15NO4S/c1-8(12(15)16)6-18(17)7-9-2-4-10(5-3-9)11(13)14/h2-5,8H,6-7H2,1H3,(H2,13,14)(H,15,16). The first-order valence-electron chi connectivity index (χ1n) is 5.36. The van der Waals surface area contributed by atoms with Gasteiger partial charge in [0.15, 0.2) is 0 Å². The van der Waals surface area contributed by atoms with Gasteiger partial charge < -0.3 is 10.8 Å². The summed E-state index contributed by atoms with van der Waals surface area (Å²) in [4.78, 5) is 21.5. The molecule has 1 amide bonds. The van der Waals surface area contributed by atoms with Gasteiger partial charge in [0.2, 0.25) is 5.91 Å². The molecular formula is C12H15NO4S. The van der Waals surface area contributed by atoms with E-state index in [0.717, 1.165) is 5.56 Å². The van der Waals surface area contributed by atoms with Gasteiger partial charge in [-0.2, -0.15) is 0 Å². The molecule has 0 radical (unpaired) electrons. The van der Waals surface area contributed by atoms with E-state index in [-0.39, 0.29) is 11.5 Å². The molecule has 5 nitrogen and oxygen atoms in total. The van der Waals surface area contributed by atoms with Gasteiger partial charge in [0.1, 0.15) is 0 Å². The molecule has 0 fully saturated rings. The van der Waals surface area contributed by atoms with Crippen LogP contribution >= 0.6 is 0 Å². The first-order chi connectivity index (χ1) is 8.40. The van der Waals surface area contributed by atoms with Crippen LogP contribution in [-0.4, -0.2) is 26.9 Å². The molecule has 0 aromatic heterocycles. The molecule has 2 unspecified atom stereocenters. The Morgan fingerprint density at radius 1 is 1.33 bits per heavy atom. The molecule has 1 aromatic carbocycles. The number of carbonyl (C=O) groups excluding carboxylic acids is 1. The van der Waals surface area contributed by atoms with E-state index >= 15 is 0 Å². The van der Waals surface area contributed by atoms with E-state index in [1.807, 2.05) is 0 Å². The Bertz CT molecular complexity index is 469. The van der Waals surface area contributed by atoms with Gasteiger partial charge in [0.25, 0.3) is 0 Å². The predicted octanol–water partition coefficient (Wildman–Crippen LogP) is 0.755. The molecule has 0 saturated carbocycles. The largest absolute Gasteiger partial charge is 0.481 e. The average molecular weight is 269 g/mol. The van der Waals surface area contributed by atoms with E-state index in [9.17, 15) is 13.8 Å². The molecule has 6 heteroatoms. The van der Waals surface area contributed by atoms with Gasteiger partial charge in [-0.3, -0.25) is 13.8 Å². The lowest BCUT2D eigenvalue weighted by atomic mass is 10.1. The zero-order valence-corrected chi connectivity index (χ0v) is 10.8. The van der Waals surface area contributed by atoms with Crippen LogP contribution in [0.15, 0.2) is 24.3 Å². The van der Waals surface area contributed by atoms with Gasteiger partial charge in [0, 0.05) is 27.9 Å². The minimum Gasteiger partial charge on any atom is -0.481 e. The maximum Gasteiger partial charge on any atom is 0.307 e. The summed E-state index contributed by atoms with van der Waals surface area (Å²) in [6, 6.07) is 6.47. The monoisotopic (exact) mass is 269 g/mol. The summed E-state index contributed by atoms with van der Waals surface area (Å²) in [5.74, 6) is -1.70. The van der Waals surface area contributed by atoms with Crippen molar-refractivity contribution >= 4 is 22.7 Å². The van der Waals surface area contributed by atoms with Crippen LogP contribution in [0.5, 0.6) is 0 Å². The molecule has 2 atom stereocenters. The van der Waals surface area contributed by atoms with Crippen LogP contribution in [0.1, 0.15) is 22.8 Å². The topological polar surface area (TPSA) is 97.5 Å². The molecule has 0 spiro atoms. The second kappa shape index (κ2) is 6.30. The van der Waals surface area contributed by atoms with E-state index in [1.165, 1.54) is 6.92 Å². The number of rotatable bonds is 6. The Hall–Kier alpha value is -1.69. The van der Waals surface area contributed by atoms with Crippen LogP contribution < -0.4 is 5.73 Å². The molecule has 1 aromatic rings. The normalized spacial score (nSPS) is 13.8. The van der Waals surface area contributed by atoms with Crippen molar-refractivity contribution in [2.24, 2.45) is 11.7 Å². The summed E-state index contributed by atoms with van der Waals surface area (Å²) >= 11 is 0. The van der Waals surface area contributed by atoms with E-state index in [2.05, 4.69) is 0 Å². The first-order valence-corrected chi connectivity index (χ1v) is 6.85. The Morgan fingerprint density at radius 2 is 1.89 bits per heavy atom. The zero-order valence-electron chi connectivity index (χ0n) is 9.96. The van der Waals surface area contributed by atoms with Gasteiger partial charge in [-0.1, -0.05) is 19.1 Å². The number of amides is 1. The minimum atomic E-state index is -1.24. The fraction of sp³-hybridized carbons (Fsp3) is 0.333. The quantitative estimate of drug-likeness (QED) is 0.796. The molecule has 98 valence electrons. The maximum atomic E-state index is 11.7. The SMILES string of the molecule is CC(CS(=O)Cc1ccc(C(N)=O)cc1)C(=O)O. The van der Waals surface area contributed by atoms with E-state index < -0.39 is 28.6 Å². The first kappa shape index (κ1) is 14.4. The maximum absolute atomic E-state index is 11.7. The Balaban J connectivity index is 2.60. The molecule has 0 heterocycles. The van der Waals surface area contributed by atoms with Crippen molar-refractivity contribution in [2.45, 2.75) is 12.7 Å². The van der Waals surface area contributed by atoms with Gasteiger partial charge in [0.05, 0.1) is 5.92 Å². The van der Waals surface area contributed by atoms with Crippen LogP contribution in [0, 0.1) is 5.92 Å². The van der Waals surface area contributed by atoms with Crippen LogP contribution in [0.3, 0.4) is 0 Å². The highest BCUT2D eigenvalue weighted by Crippen LogP contribution is 2.09. The summed E-state index contributed by atoms with van der Waals surface area (Å²) in [5.41, 5.74) is 6.28. The summed E-state index contributed by atoms with van der Waals surface area (Å²) in [6.45, 7) is 1.52. The van der Waals surface area contributed by atoms with Crippen LogP contribution in [0.25, 0.3) is 0 Å². The van der Waals surface area contributed by atoms with Crippen LogP contribution in [0.2, 0.25) is 0 Å². The highest BCUT2D eigenvalue weighted by Gasteiger charge is 2.15. The Labute approximate surface area is 107 Å². The zero-order chi connectivity index (χ0) is 13.7. The number of aliphatic carboxylic acids is 1. The van der Waals surface area contributed by atoms with Crippen molar-refractivity contribution in [3.8, 4) is 0 Å². The molecule has 0 bridgehead atoms. The number of hydrogen-bond donors (Lipinski definition) is 2. The molecule has 0 aliphatic rings. The predicted molar refractivity (Wildman–Crippen MR) is 68.5 cm³/mol. The average Bonchev–Trinajstić information content (AvgIpc) is 2.29. The lowest BCUT2D eigenvalue weighted by Crippen LogP contribution is -2.18. The third kappa shape index (κ3) is 4.29. The number of carboxylic acids is 1. The smallest absolute Gasteiger partial charge is 0.307 e. The van der Waals surface area contributed by atoms with E-state index in [0.29, 0.717) is 5.56 Å². The Morgan fingerprint density at radius 3 is 2.33 bits per heavy atom. The van der Waals surface area contributed by atoms with Crippen molar-refractivity contribution in [3.05, 3.63) is 35.4 Å². The number of nitrogens with two attached hydrogens (primary N) is 1. The van der Waals surface area contributed by atoms with Crippen molar-refractivity contribution in [1.82, 2.24) is 0 Å². The lowest BCUT2D eigenvalue weighted by Gasteiger charge is -2.06. The lowest BCUT2D eigenvalue weighted by molar-refractivity contribution is -0.140. The number of carboxylic acid groups (broad SMARTS) is 1.